The van der Waals surface area contributed by atoms with Crippen LogP contribution in [-0.2, 0) is 4.74 Å². The van der Waals surface area contributed by atoms with Gasteiger partial charge in [-0.2, -0.15) is 0 Å². The Bertz CT molecular complexity index is 1130. The molecule has 0 unspecified atom stereocenters. The third kappa shape index (κ3) is 3.44. The van der Waals surface area contributed by atoms with E-state index >= 15 is 0 Å². The minimum atomic E-state index is -0.0865. The summed E-state index contributed by atoms with van der Waals surface area (Å²) in [6.07, 6.45) is 12.9. The number of ether oxygens (including phenoxy) is 2. The molecule has 2 aliphatic heterocycles. The predicted molar refractivity (Wildman–Crippen MR) is 124 cm³/mol. The predicted octanol–water partition coefficient (Wildman–Crippen LogP) is 4.21. The highest BCUT2D eigenvalue weighted by Gasteiger charge is 2.46. The van der Waals surface area contributed by atoms with E-state index in [-0.39, 0.29) is 5.60 Å². The largest absolute Gasteiger partial charge is 0.491 e. The van der Waals surface area contributed by atoms with E-state index in [1.807, 2.05) is 12.1 Å². The van der Waals surface area contributed by atoms with Crippen molar-refractivity contribution in [1.29, 1.82) is 0 Å². The third-order valence-corrected chi connectivity index (χ3v) is 7.68. The van der Waals surface area contributed by atoms with Crippen LogP contribution in [0.5, 0.6) is 5.75 Å². The molecule has 1 aliphatic carbocycles. The lowest BCUT2D eigenvalue weighted by molar-refractivity contribution is -0.0198. The van der Waals surface area contributed by atoms with Crippen LogP contribution < -0.4 is 16.2 Å². The molecule has 6 rings (SSSR count). The molecule has 2 aromatic heterocycles. The molecular formula is C25H31N5O2. The Labute approximate surface area is 188 Å². The van der Waals surface area contributed by atoms with Crippen molar-refractivity contribution in [3.05, 3.63) is 36.8 Å². The number of hydrogen-bond acceptors (Lipinski definition) is 6. The van der Waals surface area contributed by atoms with E-state index in [2.05, 4.69) is 32.9 Å². The zero-order valence-corrected chi connectivity index (χ0v) is 18.4. The van der Waals surface area contributed by atoms with E-state index in [4.69, 9.17) is 20.9 Å². The number of benzene rings is 1. The van der Waals surface area contributed by atoms with Crippen LogP contribution >= 0.6 is 0 Å². The molecule has 3 aromatic rings. The summed E-state index contributed by atoms with van der Waals surface area (Å²) in [5, 5.41) is 0.913. The van der Waals surface area contributed by atoms with Crippen molar-refractivity contribution in [3.63, 3.8) is 0 Å². The Kier molecular flexibility index (Phi) is 4.84. The number of nitrogens with two attached hydrogens (primary N) is 2. The summed E-state index contributed by atoms with van der Waals surface area (Å²) in [5.74, 6) is 1.37. The first kappa shape index (κ1) is 20.0. The SMILES string of the molecule is Nc1ncnc2c1c(-c1cccc(OC[C@]34CC[C@@H](CC3)O4)c1)cn2C1CCC(N)CC1. The summed E-state index contributed by atoms with van der Waals surface area (Å²) in [7, 11) is 0. The molecule has 1 saturated carbocycles. The maximum Gasteiger partial charge on any atom is 0.146 e. The lowest BCUT2D eigenvalue weighted by Crippen LogP contribution is -2.32. The van der Waals surface area contributed by atoms with E-state index in [1.165, 1.54) is 0 Å². The molecule has 2 bridgehead atoms. The summed E-state index contributed by atoms with van der Waals surface area (Å²) in [6, 6.07) is 8.94. The normalized spacial score (nSPS) is 29.6. The smallest absolute Gasteiger partial charge is 0.146 e. The molecule has 168 valence electrons. The van der Waals surface area contributed by atoms with E-state index in [0.717, 1.165) is 79.3 Å². The van der Waals surface area contributed by atoms with Crippen LogP contribution in [0.2, 0.25) is 0 Å². The van der Waals surface area contributed by atoms with Crippen LogP contribution in [0.1, 0.15) is 57.4 Å². The minimum Gasteiger partial charge on any atom is -0.491 e. The minimum absolute atomic E-state index is 0.0865. The van der Waals surface area contributed by atoms with Gasteiger partial charge in [0.05, 0.1) is 11.5 Å². The monoisotopic (exact) mass is 433 g/mol. The number of hydrogen-bond donors (Lipinski definition) is 2. The van der Waals surface area contributed by atoms with Crippen molar-refractivity contribution >= 4 is 16.9 Å². The molecule has 0 atom stereocenters. The van der Waals surface area contributed by atoms with Gasteiger partial charge >= 0.3 is 0 Å². The second-order valence-corrected chi connectivity index (χ2v) is 9.79. The fourth-order valence-corrected chi connectivity index (χ4v) is 5.84. The molecule has 0 amide bonds. The quantitative estimate of drug-likeness (QED) is 0.625. The maximum absolute atomic E-state index is 6.35. The standard InChI is InChI=1S/C25H31N5O2/c26-17-4-6-18(7-5-17)30-13-21(22-23(27)28-15-29-24(22)30)16-2-1-3-20(12-16)31-14-25-10-8-19(32-25)9-11-25/h1-3,12-13,15,17-19H,4-11,14,26H2,(H2,27,28,29)/t17?,18?,19-,25-. The Hall–Kier alpha value is -2.64. The molecule has 7 heteroatoms. The third-order valence-electron chi connectivity index (χ3n) is 7.68. The Morgan fingerprint density at radius 2 is 1.91 bits per heavy atom. The van der Waals surface area contributed by atoms with Crippen LogP contribution in [-0.4, -0.2) is 38.9 Å². The van der Waals surface area contributed by atoms with Crippen molar-refractivity contribution < 1.29 is 9.47 Å². The van der Waals surface area contributed by atoms with Gasteiger partial charge < -0.3 is 25.5 Å². The fraction of sp³-hybridized carbons (Fsp3) is 0.520. The zero-order chi connectivity index (χ0) is 21.7. The van der Waals surface area contributed by atoms with Crippen molar-refractivity contribution in [2.45, 2.75) is 75.2 Å². The van der Waals surface area contributed by atoms with Crippen molar-refractivity contribution in [3.8, 4) is 16.9 Å². The first-order chi connectivity index (χ1) is 15.6. The highest BCUT2D eigenvalue weighted by atomic mass is 16.6. The lowest BCUT2D eigenvalue weighted by atomic mass is 9.89. The number of aromatic nitrogens is 3. The van der Waals surface area contributed by atoms with Gasteiger partial charge in [0.2, 0.25) is 0 Å². The fourth-order valence-electron chi connectivity index (χ4n) is 5.84. The highest BCUT2D eigenvalue weighted by molar-refractivity contribution is 6.00. The number of anilines is 1. The zero-order valence-electron chi connectivity index (χ0n) is 18.4. The molecule has 1 aromatic carbocycles. The van der Waals surface area contributed by atoms with E-state index in [0.29, 0.717) is 30.6 Å². The highest BCUT2D eigenvalue weighted by Crippen LogP contribution is 2.44. The number of rotatable bonds is 5. The van der Waals surface area contributed by atoms with Gasteiger partial charge in [0.15, 0.2) is 0 Å². The van der Waals surface area contributed by atoms with Gasteiger partial charge in [0.25, 0.3) is 0 Å². The van der Waals surface area contributed by atoms with Gasteiger partial charge in [0.1, 0.15) is 35.7 Å². The first-order valence-electron chi connectivity index (χ1n) is 11.9. The Morgan fingerprint density at radius 3 is 2.66 bits per heavy atom. The van der Waals surface area contributed by atoms with Gasteiger partial charge in [-0.05, 0) is 69.1 Å². The molecule has 0 radical (unpaired) electrons. The van der Waals surface area contributed by atoms with Crippen LogP contribution in [0.3, 0.4) is 0 Å². The second-order valence-electron chi connectivity index (χ2n) is 9.79. The molecule has 4 N–H and O–H groups in total. The molecule has 3 aliphatic rings. The van der Waals surface area contributed by atoms with Crippen LogP contribution in [0, 0.1) is 0 Å². The lowest BCUT2D eigenvalue weighted by Gasteiger charge is -2.27. The number of nitrogens with zero attached hydrogens (tertiary/aromatic N) is 3. The Balaban J connectivity index is 1.32. The number of nitrogen functional groups attached to an aromatic ring is 1. The molecule has 32 heavy (non-hydrogen) atoms. The van der Waals surface area contributed by atoms with Gasteiger partial charge in [-0.15, -0.1) is 0 Å². The summed E-state index contributed by atoms with van der Waals surface area (Å²) < 4.78 is 14.7. The Morgan fingerprint density at radius 1 is 1.09 bits per heavy atom. The molecule has 3 fully saturated rings. The van der Waals surface area contributed by atoms with Crippen LogP contribution in [0.25, 0.3) is 22.2 Å². The molecule has 4 heterocycles. The van der Waals surface area contributed by atoms with E-state index in [1.54, 1.807) is 6.33 Å². The van der Waals surface area contributed by atoms with Gasteiger partial charge in [-0.3, -0.25) is 0 Å². The van der Waals surface area contributed by atoms with E-state index in [9.17, 15) is 0 Å². The van der Waals surface area contributed by atoms with Crippen molar-refractivity contribution in [2.75, 3.05) is 12.3 Å². The average Bonchev–Trinajstić information content (AvgIpc) is 3.53. The molecule has 0 spiro atoms. The summed E-state index contributed by atoms with van der Waals surface area (Å²) in [4.78, 5) is 8.90. The number of fused-ring (bicyclic) bond motifs is 3. The van der Waals surface area contributed by atoms with Gasteiger partial charge in [-0.25, -0.2) is 9.97 Å². The summed E-state index contributed by atoms with van der Waals surface area (Å²) in [6.45, 7) is 0.613. The van der Waals surface area contributed by atoms with E-state index < -0.39 is 0 Å². The molecular weight excluding hydrogens is 402 g/mol. The topological polar surface area (TPSA) is 101 Å². The average molecular weight is 434 g/mol. The molecule has 7 nitrogen and oxygen atoms in total. The molecule has 2 saturated heterocycles. The van der Waals surface area contributed by atoms with Crippen molar-refractivity contribution in [2.24, 2.45) is 5.73 Å². The second kappa shape index (κ2) is 7.74. The van der Waals surface area contributed by atoms with Crippen LogP contribution in [0.4, 0.5) is 5.82 Å². The first-order valence-corrected chi connectivity index (χ1v) is 11.9. The maximum atomic E-state index is 6.35. The van der Waals surface area contributed by atoms with Crippen molar-refractivity contribution in [1.82, 2.24) is 14.5 Å². The van der Waals surface area contributed by atoms with Gasteiger partial charge in [0, 0.05) is 23.8 Å². The van der Waals surface area contributed by atoms with Gasteiger partial charge in [-0.1, -0.05) is 12.1 Å². The summed E-state index contributed by atoms with van der Waals surface area (Å²) in [5.41, 5.74) is 15.4. The summed E-state index contributed by atoms with van der Waals surface area (Å²) >= 11 is 0. The van der Waals surface area contributed by atoms with Crippen LogP contribution in [0.15, 0.2) is 36.8 Å².